The van der Waals surface area contributed by atoms with E-state index in [2.05, 4.69) is 9.82 Å². The first-order chi connectivity index (χ1) is 8.07. The molecule has 0 aliphatic carbocycles. The summed E-state index contributed by atoms with van der Waals surface area (Å²) in [6.45, 7) is 0.697. The molecule has 0 spiro atoms. The largest absolute Gasteiger partial charge is 0.332 e. The van der Waals surface area contributed by atoms with Gasteiger partial charge in [0.25, 0.3) is 5.56 Å². The minimum Gasteiger partial charge on any atom is -0.314 e. The van der Waals surface area contributed by atoms with Gasteiger partial charge >= 0.3 is 5.69 Å². The Bertz CT molecular complexity index is 666. The Morgan fingerprint density at radius 2 is 2.06 bits per heavy atom. The SMILES string of the molecule is Cn1c(=O)c2ncn(CCON)c2n(C)c1=O. The van der Waals surface area contributed by atoms with Crippen LogP contribution in [0.1, 0.15) is 0 Å². The molecule has 0 aliphatic heterocycles. The maximum atomic E-state index is 11.8. The lowest BCUT2D eigenvalue weighted by Crippen LogP contribution is -2.37. The Morgan fingerprint density at radius 1 is 1.35 bits per heavy atom. The van der Waals surface area contributed by atoms with Crippen molar-refractivity contribution in [1.29, 1.82) is 0 Å². The van der Waals surface area contributed by atoms with Crippen molar-refractivity contribution < 1.29 is 4.84 Å². The highest BCUT2D eigenvalue weighted by atomic mass is 16.6. The van der Waals surface area contributed by atoms with Crippen molar-refractivity contribution in [2.75, 3.05) is 6.61 Å². The Labute approximate surface area is 95.8 Å². The van der Waals surface area contributed by atoms with E-state index in [1.54, 1.807) is 11.6 Å². The molecule has 0 radical (unpaired) electrons. The Hall–Kier alpha value is -1.93. The van der Waals surface area contributed by atoms with Crippen molar-refractivity contribution in [2.45, 2.75) is 6.54 Å². The van der Waals surface area contributed by atoms with Gasteiger partial charge in [0, 0.05) is 14.1 Å². The normalized spacial score (nSPS) is 11.2. The monoisotopic (exact) mass is 239 g/mol. The molecule has 2 heterocycles. The van der Waals surface area contributed by atoms with Gasteiger partial charge in [0.05, 0.1) is 19.5 Å². The number of fused-ring (bicyclic) bond motifs is 1. The fraction of sp³-hybridized carbons (Fsp3) is 0.444. The molecule has 0 atom stereocenters. The van der Waals surface area contributed by atoms with Crippen LogP contribution in [0.4, 0.5) is 0 Å². The first-order valence-corrected chi connectivity index (χ1v) is 5.00. The minimum atomic E-state index is -0.407. The number of hydrogen-bond donors (Lipinski definition) is 1. The Balaban J connectivity index is 2.77. The molecule has 8 nitrogen and oxygen atoms in total. The van der Waals surface area contributed by atoms with Crippen molar-refractivity contribution in [3.05, 3.63) is 27.2 Å². The van der Waals surface area contributed by atoms with Crippen LogP contribution in [-0.2, 0) is 25.5 Å². The van der Waals surface area contributed by atoms with E-state index in [9.17, 15) is 9.59 Å². The fourth-order valence-corrected chi connectivity index (χ4v) is 1.75. The third-order valence-corrected chi connectivity index (χ3v) is 2.66. The molecular weight excluding hydrogens is 226 g/mol. The molecule has 0 fully saturated rings. The van der Waals surface area contributed by atoms with Crippen molar-refractivity contribution >= 4 is 11.2 Å². The summed E-state index contributed by atoms with van der Waals surface area (Å²) >= 11 is 0. The molecule has 8 heteroatoms. The number of nitrogens with zero attached hydrogens (tertiary/aromatic N) is 4. The lowest BCUT2D eigenvalue weighted by Gasteiger charge is -2.07. The summed E-state index contributed by atoms with van der Waals surface area (Å²) in [5.74, 6) is 4.94. The van der Waals surface area contributed by atoms with Gasteiger partial charge in [-0.15, -0.1) is 0 Å². The topological polar surface area (TPSA) is 97.1 Å². The van der Waals surface area contributed by atoms with Gasteiger partial charge in [0.15, 0.2) is 5.52 Å². The molecule has 92 valence electrons. The third-order valence-electron chi connectivity index (χ3n) is 2.66. The van der Waals surface area contributed by atoms with Crippen molar-refractivity contribution in [2.24, 2.45) is 20.0 Å². The van der Waals surface area contributed by atoms with E-state index in [-0.39, 0.29) is 12.1 Å². The van der Waals surface area contributed by atoms with Crippen molar-refractivity contribution in [1.82, 2.24) is 18.7 Å². The number of hydrogen-bond acceptors (Lipinski definition) is 5. The highest BCUT2D eigenvalue weighted by Gasteiger charge is 2.13. The summed E-state index contributed by atoms with van der Waals surface area (Å²) in [7, 11) is 3.01. The van der Waals surface area contributed by atoms with E-state index >= 15 is 0 Å². The zero-order chi connectivity index (χ0) is 12.6. The highest BCUT2D eigenvalue weighted by Crippen LogP contribution is 2.05. The molecule has 2 rings (SSSR count). The smallest absolute Gasteiger partial charge is 0.314 e. The van der Waals surface area contributed by atoms with E-state index in [0.717, 1.165) is 4.57 Å². The molecule has 2 aromatic heterocycles. The van der Waals surface area contributed by atoms with Gasteiger partial charge in [-0.3, -0.25) is 13.9 Å². The van der Waals surface area contributed by atoms with Crippen LogP contribution in [0.3, 0.4) is 0 Å². The Kier molecular flexibility index (Phi) is 2.82. The van der Waals surface area contributed by atoms with Crippen LogP contribution in [0.5, 0.6) is 0 Å². The van der Waals surface area contributed by atoms with Crippen LogP contribution < -0.4 is 17.1 Å². The van der Waals surface area contributed by atoms with Gasteiger partial charge in [0.1, 0.15) is 5.65 Å². The molecule has 0 saturated heterocycles. The first kappa shape index (κ1) is 11.6. The molecule has 0 saturated carbocycles. The summed E-state index contributed by atoms with van der Waals surface area (Å²) in [5, 5.41) is 0. The van der Waals surface area contributed by atoms with Crippen LogP contribution in [0.2, 0.25) is 0 Å². The molecular formula is C9H13N5O3. The molecule has 0 aromatic carbocycles. The lowest BCUT2D eigenvalue weighted by atomic mass is 10.5. The fourth-order valence-electron chi connectivity index (χ4n) is 1.75. The first-order valence-electron chi connectivity index (χ1n) is 5.00. The standard InChI is InChI=1S/C9H13N5O3/c1-12-7-6(8(15)13(2)9(12)16)11-5-14(7)3-4-17-10/h5H,3-4,10H2,1-2H3. The van der Waals surface area contributed by atoms with E-state index in [0.29, 0.717) is 12.2 Å². The van der Waals surface area contributed by atoms with E-state index in [4.69, 9.17) is 5.90 Å². The summed E-state index contributed by atoms with van der Waals surface area (Å²) < 4.78 is 4.06. The number of rotatable bonds is 3. The van der Waals surface area contributed by atoms with Gasteiger partial charge in [-0.2, -0.15) is 0 Å². The van der Waals surface area contributed by atoms with Crippen molar-refractivity contribution in [3.8, 4) is 0 Å². The molecule has 0 amide bonds. The molecule has 0 bridgehead atoms. The van der Waals surface area contributed by atoms with Crippen LogP contribution in [0, 0.1) is 0 Å². The van der Waals surface area contributed by atoms with Gasteiger partial charge in [0.2, 0.25) is 0 Å². The summed E-state index contributed by atoms with van der Waals surface area (Å²) in [5.41, 5.74) is -0.0739. The predicted octanol–water partition coefficient (Wildman–Crippen LogP) is -1.68. The second-order valence-electron chi connectivity index (χ2n) is 3.69. The van der Waals surface area contributed by atoms with Gasteiger partial charge in [-0.25, -0.2) is 15.7 Å². The minimum absolute atomic E-state index is 0.256. The number of aromatic nitrogens is 4. The molecule has 0 aliphatic rings. The van der Waals surface area contributed by atoms with Gasteiger partial charge in [-0.1, -0.05) is 0 Å². The Morgan fingerprint density at radius 3 is 2.71 bits per heavy atom. The van der Waals surface area contributed by atoms with Gasteiger partial charge in [-0.05, 0) is 0 Å². The number of imidazole rings is 1. The zero-order valence-corrected chi connectivity index (χ0v) is 9.58. The predicted molar refractivity (Wildman–Crippen MR) is 60.4 cm³/mol. The van der Waals surface area contributed by atoms with Crippen molar-refractivity contribution in [3.63, 3.8) is 0 Å². The summed E-state index contributed by atoms with van der Waals surface area (Å²) in [6.07, 6.45) is 1.49. The maximum Gasteiger partial charge on any atom is 0.332 e. The third kappa shape index (κ3) is 1.67. The van der Waals surface area contributed by atoms with E-state index in [1.165, 1.54) is 17.9 Å². The zero-order valence-electron chi connectivity index (χ0n) is 9.58. The average Bonchev–Trinajstić information content (AvgIpc) is 2.75. The van der Waals surface area contributed by atoms with E-state index in [1.807, 2.05) is 0 Å². The van der Waals surface area contributed by atoms with Gasteiger partial charge < -0.3 is 9.40 Å². The van der Waals surface area contributed by atoms with E-state index < -0.39 is 11.2 Å². The molecule has 2 aromatic rings. The highest BCUT2D eigenvalue weighted by molar-refractivity contribution is 5.69. The van der Waals surface area contributed by atoms with Crippen LogP contribution in [0.25, 0.3) is 11.2 Å². The second kappa shape index (κ2) is 4.15. The summed E-state index contributed by atoms with van der Waals surface area (Å²) in [4.78, 5) is 32.0. The van der Waals surface area contributed by atoms with Crippen LogP contribution in [-0.4, -0.2) is 25.3 Å². The molecule has 0 unspecified atom stereocenters. The summed E-state index contributed by atoms with van der Waals surface area (Å²) in [6, 6.07) is 0. The number of aryl methyl sites for hydroxylation is 1. The quantitative estimate of drug-likeness (QED) is 0.645. The molecule has 17 heavy (non-hydrogen) atoms. The maximum absolute atomic E-state index is 11.8. The van der Waals surface area contributed by atoms with Crippen LogP contribution in [0.15, 0.2) is 15.9 Å². The van der Waals surface area contributed by atoms with Crippen LogP contribution >= 0.6 is 0 Å². The second-order valence-corrected chi connectivity index (χ2v) is 3.69. The molecule has 2 N–H and O–H groups in total. The lowest BCUT2D eigenvalue weighted by molar-refractivity contribution is 0.130. The number of nitrogens with two attached hydrogens (primary N) is 1. The average molecular weight is 239 g/mol.